The Labute approximate surface area is 85.8 Å². The summed E-state index contributed by atoms with van der Waals surface area (Å²) in [5, 5.41) is 8.50. The van der Waals surface area contributed by atoms with E-state index in [-0.39, 0.29) is 5.69 Å². The zero-order valence-corrected chi connectivity index (χ0v) is 8.15. The molecule has 0 bridgehead atoms. The number of aromatic nitrogens is 1. The van der Waals surface area contributed by atoms with E-state index in [1.165, 1.54) is 12.3 Å². The number of nitrogens with zero attached hydrogens (tertiary/aromatic N) is 1. The normalized spacial score (nSPS) is 12.8. The fourth-order valence-corrected chi connectivity index (χ4v) is 1.27. The Balaban J connectivity index is 2.93. The molecule has 1 aromatic rings. The number of pyridine rings is 1. The van der Waals surface area contributed by atoms with Gasteiger partial charge in [-0.2, -0.15) is 0 Å². The topological polar surface area (TPSA) is 50.2 Å². The van der Waals surface area contributed by atoms with Gasteiger partial charge in [0.25, 0.3) is 0 Å². The lowest BCUT2D eigenvalue weighted by Gasteiger charge is -2.13. The van der Waals surface area contributed by atoms with Crippen LogP contribution in [0.25, 0.3) is 0 Å². The number of halogens is 2. The van der Waals surface area contributed by atoms with Crippen molar-refractivity contribution >= 4 is 5.97 Å². The standard InChI is InChI=1S/C10H11F2NO2/c1-6-2-3-13-8(4-6)7(10(11)12)5-9(14)15/h2-4,7,10H,5H2,1H3,(H,14,15). The molecular weight excluding hydrogens is 204 g/mol. The highest BCUT2D eigenvalue weighted by Crippen LogP contribution is 2.25. The minimum atomic E-state index is -2.71. The highest BCUT2D eigenvalue weighted by molar-refractivity contribution is 5.68. The summed E-state index contributed by atoms with van der Waals surface area (Å²) in [4.78, 5) is 14.2. The number of aliphatic carboxylic acids is 1. The summed E-state index contributed by atoms with van der Waals surface area (Å²) in [6, 6.07) is 3.16. The van der Waals surface area contributed by atoms with Gasteiger partial charge >= 0.3 is 5.97 Å². The smallest absolute Gasteiger partial charge is 0.304 e. The van der Waals surface area contributed by atoms with E-state index in [0.717, 1.165) is 5.56 Å². The maximum atomic E-state index is 12.6. The van der Waals surface area contributed by atoms with E-state index in [1.807, 2.05) is 0 Å². The van der Waals surface area contributed by atoms with E-state index in [1.54, 1.807) is 13.0 Å². The van der Waals surface area contributed by atoms with Crippen LogP contribution in [0.2, 0.25) is 0 Å². The number of alkyl halides is 2. The van der Waals surface area contributed by atoms with Crippen molar-refractivity contribution in [3.8, 4) is 0 Å². The molecule has 0 saturated carbocycles. The van der Waals surface area contributed by atoms with Crippen molar-refractivity contribution in [2.75, 3.05) is 0 Å². The van der Waals surface area contributed by atoms with Gasteiger partial charge in [-0.05, 0) is 24.6 Å². The third-order valence-electron chi connectivity index (χ3n) is 2.02. The second-order valence-electron chi connectivity index (χ2n) is 3.30. The van der Waals surface area contributed by atoms with Crippen LogP contribution >= 0.6 is 0 Å². The highest BCUT2D eigenvalue weighted by Gasteiger charge is 2.26. The first-order chi connectivity index (χ1) is 7.00. The first kappa shape index (κ1) is 11.6. The Kier molecular flexibility index (Phi) is 3.71. The summed E-state index contributed by atoms with van der Waals surface area (Å²) in [6.07, 6.45) is -1.91. The lowest BCUT2D eigenvalue weighted by atomic mass is 10.0. The van der Waals surface area contributed by atoms with E-state index in [4.69, 9.17) is 5.11 Å². The van der Waals surface area contributed by atoms with Gasteiger partial charge in [-0.25, -0.2) is 8.78 Å². The lowest BCUT2D eigenvalue weighted by molar-refractivity contribution is -0.138. The van der Waals surface area contributed by atoms with Crippen LogP contribution in [0.3, 0.4) is 0 Å². The lowest BCUT2D eigenvalue weighted by Crippen LogP contribution is -2.15. The molecule has 1 rings (SSSR count). The molecule has 5 heteroatoms. The van der Waals surface area contributed by atoms with Gasteiger partial charge < -0.3 is 5.11 Å². The van der Waals surface area contributed by atoms with Gasteiger partial charge in [0, 0.05) is 11.9 Å². The van der Waals surface area contributed by atoms with E-state index in [0.29, 0.717) is 0 Å². The van der Waals surface area contributed by atoms with Crippen LogP contribution in [0.5, 0.6) is 0 Å². The molecule has 0 aliphatic rings. The maximum Gasteiger partial charge on any atom is 0.304 e. The fourth-order valence-electron chi connectivity index (χ4n) is 1.27. The third-order valence-corrected chi connectivity index (χ3v) is 2.02. The van der Waals surface area contributed by atoms with Crippen LogP contribution in [0.1, 0.15) is 23.6 Å². The third kappa shape index (κ3) is 3.27. The van der Waals surface area contributed by atoms with Crippen molar-refractivity contribution < 1.29 is 18.7 Å². The molecule has 0 spiro atoms. The van der Waals surface area contributed by atoms with Gasteiger partial charge in [0.2, 0.25) is 6.43 Å². The Morgan fingerprint density at radius 1 is 1.60 bits per heavy atom. The van der Waals surface area contributed by atoms with E-state index < -0.39 is 24.7 Å². The van der Waals surface area contributed by atoms with Gasteiger partial charge in [0.1, 0.15) is 0 Å². The SMILES string of the molecule is Cc1ccnc(C(CC(=O)O)C(F)F)c1. The molecular formula is C10H11F2NO2. The predicted molar refractivity (Wildman–Crippen MR) is 50.0 cm³/mol. The number of carboxylic acid groups (broad SMARTS) is 1. The zero-order chi connectivity index (χ0) is 11.4. The molecule has 3 nitrogen and oxygen atoms in total. The monoisotopic (exact) mass is 215 g/mol. The number of carbonyl (C=O) groups is 1. The average Bonchev–Trinajstić information content (AvgIpc) is 2.13. The molecule has 1 unspecified atom stereocenters. The maximum absolute atomic E-state index is 12.6. The van der Waals surface area contributed by atoms with E-state index in [9.17, 15) is 13.6 Å². The second-order valence-corrected chi connectivity index (χ2v) is 3.30. The highest BCUT2D eigenvalue weighted by atomic mass is 19.3. The van der Waals surface area contributed by atoms with Crippen LogP contribution < -0.4 is 0 Å². The van der Waals surface area contributed by atoms with Gasteiger partial charge in [-0.15, -0.1) is 0 Å². The summed E-state index contributed by atoms with van der Waals surface area (Å²) >= 11 is 0. The molecule has 1 heterocycles. The zero-order valence-electron chi connectivity index (χ0n) is 8.15. The Morgan fingerprint density at radius 3 is 2.73 bits per heavy atom. The predicted octanol–water partition coefficient (Wildman–Crippen LogP) is 2.21. The number of rotatable bonds is 4. The quantitative estimate of drug-likeness (QED) is 0.837. The molecule has 0 radical (unpaired) electrons. The van der Waals surface area contributed by atoms with Crippen molar-refractivity contribution in [1.82, 2.24) is 4.98 Å². The number of hydrogen-bond donors (Lipinski definition) is 1. The van der Waals surface area contributed by atoms with Crippen molar-refractivity contribution in [2.24, 2.45) is 0 Å². The van der Waals surface area contributed by atoms with E-state index in [2.05, 4.69) is 4.98 Å². The summed E-state index contributed by atoms with van der Waals surface area (Å²) in [7, 11) is 0. The van der Waals surface area contributed by atoms with Crippen molar-refractivity contribution in [3.05, 3.63) is 29.6 Å². The molecule has 0 aliphatic carbocycles. The summed E-state index contributed by atoms with van der Waals surface area (Å²) < 4.78 is 25.1. The van der Waals surface area contributed by atoms with Crippen LogP contribution in [0.4, 0.5) is 8.78 Å². The average molecular weight is 215 g/mol. The molecule has 0 saturated heterocycles. The molecule has 0 aliphatic heterocycles. The van der Waals surface area contributed by atoms with Crippen LogP contribution in [-0.4, -0.2) is 22.5 Å². The largest absolute Gasteiger partial charge is 0.481 e. The van der Waals surface area contributed by atoms with Gasteiger partial charge in [0.05, 0.1) is 12.3 Å². The molecule has 1 atom stereocenters. The van der Waals surface area contributed by atoms with Gasteiger partial charge in [-0.1, -0.05) is 0 Å². The molecule has 15 heavy (non-hydrogen) atoms. The van der Waals surface area contributed by atoms with Crippen LogP contribution in [0, 0.1) is 6.92 Å². The van der Waals surface area contributed by atoms with Crippen molar-refractivity contribution in [1.29, 1.82) is 0 Å². The Morgan fingerprint density at radius 2 is 2.27 bits per heavy atom. The molecule has 1 aromatic heterocycles. The fraction of sp³-hybridized carbons (Fsp3) is 0.400. The second kappa shape index (κ2) is 4.82. The van der Waals surface area contributed by atoms with E-state index >= 15 is 0 Å². The van der Waals surface area contributed by atoms with Crippen molar-refractivity contribution in [2.45, 2.75) is 25.7 Å². The number of hydrogen-bond acceptors (Lipinski definition) is 2. The first-order valence-corrected chi connectivity index (χ1v) is 4.43. The van der Waals surface area contributed by atoms with Crippen LogP contribution in [0.15, 0.2) is 18.3 Å². The van der Waals surface area contributed by atoms with Gasteiger partial charge in [0.15, 0.2) is 0 Å². The molecule has 0 aromatic carbocycles. The molecule has 0 amide bonds. The summed E-state index contributed by atoms with van der Waals surface area (Å²) in [6.45, 7) is 1.74. The van der Waals surface area contributed by atoms with Crippen molar-refractivity contribution in [3.63, 3.8) is 0 Å². The van der Waals surface area contributed by atoms with Crippen LogP contribution in [-0.2, 0) is 4.79 Å². The molecule has 0 fully saturated rings. The number of carboxylic acids is 1. The summed E-state index contributed by atoms with van der Waals surface area (Å²) in [5.41, 5.74) is 0.920. The Hall–Kier alpha value is -1.52. The molecule has 1 N–H and O–H groups in total. The Bertz CT molecular complexity index is 355. The van der Waals surface area contributed by atoms with Gasteiger partial charge in [-0.3, -0.25) is 9.78 Å². The number of aryl methyl sites for hydroxylation is 1. The molecule has 82 valence electrons. The minimum Gasteiger partial charge on any atom is -0.481 e. The summed E-state index contributed by atoms with van der Waals surface area (Å²) in [5.74, 6) is -2.58. The first-order valence-electron chi connectivity index (χ1n) is 4.43. The minimum absolute atomic E-state index is 0.132.